The standard InChI is InChI=1S/C15H17N3O/c1-16-12-7-9-18(10-12)15(19)14-13-5-3-2-4-11(13)6-8-17-14/h2-6,8,12,16H,7,9-10H2,1H3. The third kappa shape index (κ3) is 2.19. The number of rotatable bonds is 2. The van der Waals surface area contributed by atoms with Crippen LogP contribution in [0.25, 0.3) is 10.8 Å². The Kier molecular flexibility index (Phi) is 3.17. The molecule has 1 aliphatic rings. The highest BCUT2D eigenvalue weighted by atomic mass is 16.2. The van der Waals surface area contributed by atoms with Gasteiger partial charge in [-0.05, 0) is 24.9 Å². The number of carbonyl (C=O) groups excluding carboxylic acids is 1. The van der Waals surface area contributed by atoms with Crippen LogP contribution < -0.4 is 5.32 Å². The molecule has 0 bridgehead atoms. The fourth-order valence-electron chi connectivity index (χ4n) is 2.62. The summed E-state index contributed by atoms with van der Waals surface area (Å²) >= 11 is 0. The zero-order chi connectivity index (χ0) is 13.2. The molecular formula is C15H17N3O. The molecule has 1 fully saturated rings. The summed E-state index contributed by atoms with van der Waals surface area (Å²) in [6.45, 7) is 1.56. The van der Waals surface area contributed by atoms with Crippen molar-refractivity contribution in [1.82, 2.24) is 15.2 Å². The molecule has 1 saturated heterocycles. The summed E-state index contributed by atoms with van der Waals surface area (Å²) in [6.07, 6.45) is 2.72. The molecule has 0 saturated carbocycles. The second-order valence-corrected chi connectivity index (χ2v) is 4.91. The maximum absolute atomic E-state index is 12.6. The van der Waals surface area contributed by atoms with Crippen LogP contribution in [0.5, 0.6) is 0 Å². The van der Waals surface area contributed by atoms with Crippen molar-refractivity contribution >= 4 is 16.7 Å². The first-order valence-corrected chi connectivity index (χ1v) is 6.60. The van der Waals surface area contributed by atoms with Gasteiger partial charge in [0.25, 0.3) is 5.91 Å². The van der Waals surface area contributed by atoms with Gasteiger partial charge in [0.1, 0.15) is 5.69 Å². The summed E-state index contributed by atoms with van der Waals surface area (Å²) in [5.41, 5.74) is 0.565. The Balaban J connectivity index is 1.94. The van der Waals surface area contributed by atoms with E-state index in [-0.39, 0.29) is 5.91 Å². The molecule has 0 radical (unpaired) electrons. The summed E-state index contributed by atoms with van der Waals surface area (Å²) in [5.74, 6) is 0.0366. The fourth-order valence-corrected chi connectivity index (χ4v) is 2.62. The number of aromatic nitrogens is 1. The average molecular weight is 255 g/mol. The molecule has 98 valence electrons. The van der Waals surface area contributed by atoms with E-state index in [1.807, 2.05) is 42.3 Å². The maximum atomic E-state index is 12.6. The molecule has 4 nitrogen and oxygen atoms in total. The number of carbonyl (C=O) groups is 1. The van der Waals surface area contributed by atoms with E-state index in [0.717, 1.165) is 30.3 Å². The Morgan fingerprint density at radius 2 is 2.21 bits per heavy atom. The molecule has 1 aromatic carbocycles. The Morgan fingerprint density at radius 1 is 1.37 bits per heavy atom. The van der Waals surface area contributed by atoms with Crippen LogP contribution in [0.15, 0.2) is 36.5 Å². The predicted octanol–water partition coefficient (Wildman–Crippen LogP) is 1.67. The van der Waals surface area contributed by atoms with Gasteiger partial charge in [-0.3, -0.25) is 9.78 Å². The maximum Gasteiger partial charge on any atom is 0.273 e. The van der Waals surface area contributed by atoms with Crippen molar-refractivity contribution in [3.63, 3.8) is 0 Å². The minimum Gasteiger partial charge on any atom is -0.336 e. The lowest BCUT2D eigenvalue weighted by molar-refractivity contribution is 0.0786. The van der Waals surface area contributed by atoms with Gasteiger partial charge in [0, 0.05) is 30.7 Å². The van der Waals surface area contributed by atoms with Crippen LogP contribution in [0.3, 0.4) is 0 Å². The molecule has 0 spiro atoms. The van der Waals surface area contributed by atoms with Crippen molar-refractivity contribution < 1.29 is 4.79 Å². The number of likely N-dealkylation sites (N-methyl/N-ethyl adjacent to an activating group) is 1. The minimum atomic E-state index is 0.0366. The molecular weight excluding hydrogens is 238 g/mol. The minimum absolute atomic E-state index is 0.0366. The zero-order valence-corrected chi connectivity index (χ0v) is 11.0. The number of amides is 1. The normalized spacial score (nSPS) is 19.0. The van der Waals surface area contributed by atoms with Crippen molar-refractivity contribution in [2.24, 2.45) is 0 Å². The quantitative estimate of drug-likeness (QED) is 0.888. The fraction of sp³-hybridized carbons (Fsp3) is 0.333. The highest BCUT2D eigenvalue weighted by Crippen LogP contribution is 2.20. The third-order valence-electron chi connectivity index (χ3n) is 3.76. The Bertz CT molecular complexity index is 606. The molecule has 1 aliphatic heterocycles. The number of hydrogen-bond donors (Lipinski definition) is 1. The molecule has 1 aromatic heterocycles. The number of benzene rings is 1. The summed E-state index contributed by atoms with van der Waals surface area (Å²) in [4.78, 5) is 18.7. The number of likely N-dealkylation sites (tertiary alicyclic amines) is 1. The van der Waals surface area contributed by atoms with Gasteiger partial charge in [0.15, 0.2) is 0 Å². The molecule has 1 N–H and O–H groups in total. The molecule has 3 rings (SSSR count). The monoisotopic (exact) mass is 255 g/mol. The smallest absolute Gasteiger partial charge is 0.273 e. The van der Waals surface area contributed by atoms with Gasteiger partial charge in [-0.1, -0.05) is 24.3 Å². The van der Waals surface area contributed by atoms with Crippen LogP contribution in [-0.4, -0.2) is 42.0 Å². The second-order valence-electron chi connectivity index (χ2n) is 4.91. The summed E-state index contributed by atoms with van der Waals surface area (Å²) in [6, 6.07) is 10.2. The lowest BCUT2D eigenvalue weighted by Gasteiger charge is -2.16. The SMILES string of the molecule is CNC1CCN(C(=O)c2nccc3ccccc23)C1. The van der Waals surface area contributed by atoms with E-state index in [1.165, 1.54) is 0 Å². The van der Waals surface area contributed by atoms with Crippen molar-refractivity contribution in [1.29, 1.82) is 0 Å². The van der Waals surface area contributed by atoms with Crippen LogP contribution >= 0.6 is 0 Å². The Labute approximate surface area is 112 Å². The van der Waals surface area contributed by atoms with Crippen molar-refractivity contribution in [3.05, 3.63) is 42.2 Å². The van der Waals surface area contributed by atoms with Crippen molar-refractivity contribution in [3.8, 4) is 0 Å². The van der Waals surface area contributed by atoms with Crippen LogP contribution in [0.4, 0.5) is 0 Å². The first-order valence-electron chi connectivity index (χ1n) is 6.60. The summed E-state index contributed by atoms with van der Waals surface area (Å²) in [7, 11) is 1.94. The highest BCUT2D eigenvalue weighted by molar-refractivity contribution is 6.05. The van der Waals surface area contributed by atoms with Gasteiger partial charge < -0.3 is 10.2 Å². The number of fused-ring (bicyclic) bond motifs is 1. The second kappa shape index (κ2) is 4.97. The molecule has 1 atom stereocenters. The van der Waals surface area contributed by atoms with Gasteiger partial charge >= 0.3 is 0 Å². The molecule has 1 unspecified atom stereocenters. The summed E-state index contributed by atoms with van der Waals surface area (Å²) < 4.78 is 0. The third-order valence-corrected chi connectivity index (χ3v) is 3.76. The predicted molar refractivity (Wildman–Crippen MR) is 75.1 cm³/mol. The van der Waals surface area contributed by atoms with Gasteiger partial charge in [0.05, 0.1) is 0 Å². The lowest BCUT2D eigenvalue weighted by Crippen LogP contribution is -2.33. The topological polar surface area (TPSA) is 45.2 Å². The van der Waals surface area contributed by atoms with E-state index < -0.39 is 0 Å². The van der Waals surface area contributed by atoms with E-state index in [9.17, 15) is 4.79 Å². The van der Waals surface area contributed by atoms with Crippen LogP contribution in [0.1, 0.15) is 16.9 Å². The van der Waals surface area contributed by atoms with Gasteiger partial charge in [-0.2, -0.15) is 0 Å². The average Bonchev–Trinajstić information content (AvgIpc) is 2.95. The van der Waals surface area contributed by atoms with E-state index in [1.54, 1.807) is 6.20 Å². The highest BCUT2D eigenvalue weighted by Gasteiger charge is 2.27. The van der Waals surface area contributed by atoms with Crippen LogP contribution in [0.2, 0.25) is 0 Å². The summed E-state index contributed by atoms with van der Waals surface area (Å²) in [5, 5.41) is 5.22. The number of nitrogens with zero attached hydrogens (tertiary/aromatic N) is 2. The first kappa shape index (κ1) is 12.1. The Morgan fingerprint density at radius 3 is 3.00 bits per heavy atom. The largest absolute Gasteiger partial charge is 0.336 e. The number of pyridine rings is 1. The van der Waals surface area contributed by atoms with Gasteiger partial charge in [-0.15, -0.1) is 0 Å². The van der Waals surface area contributed by atoms with E-state index in [0.29, 0.717) is 11.7 Å². The van der Waals surface area contributed by atoms with Gasteiger partial charge in [0.2, 0.25) is 0 Å². The molecule has 2 aromatic rings. The lowest BCUT2D eigenvalue weighted by atomic mass is 10.1. The molecule has 1 amide bonds. The molecule has 2 heterocycles. The molecule has 0 aliphatic carbocycles. The van der Waals surface area contributed by atoms with Crippen LogP contribution in [0, 0.1) is 0 Å². The number of hydrogen-bond acceptors (Lipinski definition) is 3. The zero-order valence-electron chi connectivity index (χ0n) is 11.0. The Hall–Kier alpha value is -1.94. The van der Waals surface area contributed by atoms with Crippen molar-refractivity contribution in [2.45, 2.75) is 12.5 Å². The molecule has 4 heteroatoms. The van der Waals surface area contributed by atoms with Crippen molar-refractivity contribution in [2.75, 3.05) is 20.1 Å². The van der Waals surface area contributed by atoms with Crippen LogP contribution in [-0.2, 0) is 0 Å². The van der Waals surface area contributed by atoms with E-state index in [4.69, 9.17) is 0 Å². The number of nitrogens with one attached hydrogen (secondary N) is 1. The molecule has 19 heavy (non-hydrogen) atoms. The van der Waals surface area contributed by atoms with Gasteiger partial charge in [-0.25, -0.2) is 0 Å². The van der Waals surface area contributed by atoms with E-state index in [2.05, 4.69) is 10.3 Å². The first-order chi connectivity index (χ1) is 9.29. The van der Waals surface area contributed by atoms with E-state index >= 15 is 0 Å².